The van der Waals surface area contributed by atoms with Gasteiger partial charge in [0.25, 0.3) is 0 Å². The fourth-order valence-corrected chi connectivity index (χ4v) is 2.13. The van der Waals surface area contributed by atoms with E-state index < -0.39 is 5.97 Å². The van der Waals surface area contributed by atoms with Gasteiger partial charge in [-0.25, -0.2) is 4.79 Å². The Morgan fingerprint density at radius 3 is 2.75 bits per heavy atom. The molecule has 106 valence electrons. The molecule has 0 bridgehead atoms. The van der Waals surface area contributed by atoms with Crippen molar-refractivity contribution in [3.63, 3.8) is 0 Å². The van der Waals surface area contributed by atoms with Gasteiger partial charge in [-0.05, 0) is 24.6 Å². The van der Waals surface area contributed by atoms with Crippen LogP contribution in [0.1, 0.15) is 22.3 Å². The fourth-order valence-electron chi connectivity index (χ4n) is 2.13. The van der Waals surface area contributed by atoms with E-state index in [2.05, 4.69) is 15.4 Å². The molecule has 6 nitrogen and oxygen atoms in total. The van der Waals surface area contributed by atoms with Crippen LogP contribution in [-0.4, -0.2) is 31.4 Å². The Balaban J connectivity index is 2.15. The van der Waals surface area contributed by atoms with Crippen LogP contribution >= 0.6 is 0 Å². The fraction of sp³-hybridized carbons (Fsp3) is 0.357. The molecule has 6 heteroatoms. The highest BCUT2D eigenvalue weighted by molar-refractivity contribution is 5.99. The number of carbonyl (C=O) groups excluding carboxylic acids is 3. The Labute approximate surface area is 116 Å². The molecule has 1 atom stereocenters. The predicted molar refractivity (Wildman–Crippen MR) is 72.3 cm³/mol. The number of benzene rings is 1. The second kappa shape index (κ2) is 5.73. The lowest BCUT2D eigenvalue weighted by Crippen LogP contribution is -2.25. The van der Waals surface area contributed by atoms with Crippen LogP contribution in [-0.2, 0) is 14.3 Å². The Morgan fingerprint density at radius 2 is 2.15 bits per heavy atom. The van der Waals surface area contributed by atoms with Crippen LogP contribution in [0.3, 0.4) is 0 Å². The number of amides is 2. The second-order valence-corrected chi connectivity index (χ2v) is 4.66. The normalized spacial score (nSPS) is 17.5. The largest absolute Gasteiger partial charge is 0.465 e. The van der Waals surface area contributed by atoms with Crippen molar-refractivity contribution >= 4 is 23.5 Å². The van der Waals surface area contributed by atoms with E-state index in [-0.39, 0.29) is 24.2 Å². The third kappa shape index (κ3) is 2.79. The molecule has 0 aliphatic carbocycles. The molecule has 2 amide bonds. The number of methoxy groups -OCH3 is 1. The minimum atomic E-state index is -0.448. The van der Waals surface area contributed by atoms with Crippen molar-refractivity contribution < 1.29 is 19.1 Å². The number of nitrogens with one attached hydrogen (secondary N) is 2. The highest BCUT2D eigenvalue weighted by Crippen LogP contribution is 2.21. The lowest BCUT2D eigenvalue weighted by atomic mass is 10.0. The summed E-state index contributed by atoms with van der Waals surface area (Å²) in [5, 5.41) is 5.37. The van der Waals surface area contributed by atoms with E-state index in [0.717, 1.165) is 0 Å². The molecule has 1 unspecified atom stereocenters. The van der Waals surface area contributed by atoms with E-state index >= 15 is 0 Å². The molecule has 0 aromatic heterocycles. The van der Waals surface area contributed by atoms with Gasteiger partial charge in [0.05, 0.1) is 18.6 Å². The van der Waals surface area contributed by atoms with Gasteiger partial charge in [-0.1, -0.05) is 6.07 Å². The second-order valence-electron chi connectivity index (χ2n) is 4.66. The van der Waals surface area contributed by atoms with Crippen molar-refractivity contribution in [2.75, 3.05) is 19.0 Å². The molecule has 1 aromatic rings. The summed E-state index contributed by atoms with van der Waals surface area (Å²) in [6.45, 7) is 2.08. The zero-order valence-electron chi connectivity index (χ0n) is 11.4. The Kier molecular flexibility index (Phi) is 4.02. The summed E-state index contributed by atoms with van der Waals surface area (Å²) in [6.07, 6.45) is 0.196. The van der Waals surface area contributed by atoms with Gasteiger partial charge >= 0.3 is 5.97 Å². The van der Waals surface area contributed by atoms with Crippen molar-refractivity contribution in [1.29, 1.82) is 0 Å². The van der Waals surface area contributed by atoms with Gasteiger partial charge in [-0.3, -0.25) is 9.59 Å². The molecule has 0 saturated carbocycles. The Bertz CT molecular complexity index is 568. The van der Waals surface area contributed by atoms with Crippen molar-refractivity contribution in [1.82, 2.24) is 5.32 Å². The number of esters is 1. The van der Waals surface area contributed by atoms with E-state index in [4.69, 9.17) is 0 Å². The standard InChI is InChI=1S/C14H16N2O4/c1-8-10(14(19)20-2)4-3-5-11(8)16-13(18)9-6-12(17)15-7-9/h3-5,9H,6-7H2,1-2H3,(H,15,17)(H,16,18). The lowest BCUT2D eigenvalue weighted by Gasteiger charge is -2.13. The summed E-state index contributed by atoms with van der Waals surface area (Å²) in [7, 11) is 1.31. The zero-order chi connectivity index (χ0) is 14.7. The number of anilines is 1. The molecule has 1 fully saturated rings. The summed E-state index contributed by atoms with van der Waals surface area (Å²) in [4.78, 5) is 34.7. The summed E-state index contributed by atoms with van der Waals surface area (Å²) < 4.78 is 4.68. The highest BCUT2D eigenvalue weighted by Gasteiger charge is 2.28. The lowest BCUT2D eigenvalue weighted by molar-refractivity contribution is -0.123. The van der Waals surface area contributed by atoms with E-state index in [0.29, 0.717) is 23.4 Å². The monoisotopic (exact) mass is 276 g/mol. The molecular weight excluding hydrogens is 260 g/mol. The predicted octanol–water partition coefficient (Wildman–Crippen LogP) is 0.856. The molecule has 1 aliphatic rings. The van der Waals surface area contributed by atoms with E-state index in [1.165, 1.54) is 7.11 Å². The van der Waals surface area contributed by atoms with Crippen molar-refractivity contribution in [3.05, 3.63) is 29.3 Å². The highest BCUT2D eigenvalue weighted by atomic mass is 16.5. The molecule has 1 aliphatic heterocycles. The number of carbonyl (C=O) groups is 3. The third-order valence-corrected chi connectivity index (χ3v) is 3.35. The molecule has 0 radical (unpaired) electrons. The summed E-state index contributed by atoms with van der Waals surface area (Å²) in [5.41, 5.74) is 1.60. The maximum atomic E-state index is 12.0. The van der Waals surface area contributed by atoms with E-state index in [9.17, 15) is 14.4 Å². The van der Waals surface area contributed by atoms with Gasteiger partial charge in [-0.2, -0.15) is 0 Å². The van der Waals surface area contributed by atoms with Crippen LogP contribution in [0.5, 0.6) is 0 Å². The van der Waals surface area contributed by atoms with Crippen LogP contribution in [0, 0.1) is 12.8 Å². The van der Waals surface area contributed by atoms with Crippen molar-refractivity contribution in [2.45, 2.75) is 13.3 Å². The van der Waals surface area contributed by atoms with Crippen LogP contribution in [0.2, 0.25) is 0 Å². The van der Waals surface area contributed by atoms with Gasteiger partial charge < -0.3 is 15.4 Å². The molecular formula is C14H16N2O4. The first kappa shape index (κ1) is 14.0. The number of hydrogen-bond donors (Lipinski definition) is 2. The number of rotatable bonds is 3. The first-order valence-corrected chi connectivity index (χ1v) is 6.28. The average Bonchev–Trinajstić information content (AvgIpc) is 2.87. The first-order valence-electron chi connectivity index (χ1n) is 6.28. The zero-order valence-corrected chi connectivity index (χ0v) is 11.4. The number of ether oxygens (including phenoxy) is 1. The van der Waals surface area contributed by atoms with Gasteiger partial charge in [0.15, 0.2) is 0 Å². The number of hydrogen-bond acceptors (Lipinski definition) is 4. The van der Waals surface area contributed by atoms with Crippen LogP contribution in [0.25, 0.3) is 0 Å². The molecule has 2 N–H and O–H groups in total. The summed E-state index contributed by atoms with van der Waals surface area (Å²) in [5.74, 6) is -1.17. The summed E-state index contributed by atoms with van der Waals surface area (Å²) in [6, 6.07) is 5.02. The maximum Gasteiger partial charge on any atom is 0.338 e. The summed E-state index contributed by atoms with van der Waals surface area (Å²) >= 11 is 0. The van der Waals surface area contributed by atoms with Gasteiger partial charge in [0.1, 0.15) is 0 Å². The third-order valence-electron chi connectivity index (χ3n) is 3.35. The minimum absolute atomic E-state index is 0.120. The molecule has 1 heterocycles. The minimum Gasteiger partial charge on any atom is -0.465 e. The molecule has 1 aromatic carbocycles. The smallest absolute Gasteiger partial charge is 0.338 e. The van der Waals surface area contributed by atoms with Crippen LogP contribution in [0.4, 0.5) is 5.69 Å². The topological polar surface area (TPSA) is 84.5 Å². The van der Waals surface area contributed by atoms with Gasteiger partial charge in [0, 0.05) is 18.7 Å². The Morgan fingerprint density at radius 1 is 1.40 bits per heavy atom. The molecule has 2 rings (SSSR count). The molecule has 1 saturated heterocycles. The SMILES string of the molecule is COC(=O)c1cccc(NC(=O)C2CNC(=O)C2)c1C. The van der Waals surface area contributed by atoms with Crippen LogP contribution in [0.15, 0.2) is 18.2 Å². The van der Waals surface area contributed by atoms with E-state index in [1.54, 1.807) is 25.1 Å². The quantitative estimate of drug-likeness (QED) is 0.802. The molecule has 0 spiro atoms. The maximum absolute atomic E-state index is 12.0. The first-order chi connectivity index (χ1) is 9.52. The van der Waals surface area contributed by atoms with Crippen molar-refractivity contribution in [3.8, 4) is 0 Å². The average molecular weight is 276 g/mol. The van der Waals surface area contributed by atoms with E-state index in [1.807, 2.05) is 0 Å². The molecule has 20 heavy (non-hydrogen) atoms. The van der Waals surface area contributed by atoms with Crippen LogP contribution < -0.4 is 10.6 Å². The Hall–Kier alpha value is -2.37. The van der Waals surface area contributed by atoms with Gasteiger partial charge in [-0.15, -0.1) is 0 Å². The van der Waals surface area contributed by atoms with Crippen molar-refractivity contribution in [2.24, 2.45) is 5.92 Å². The van der Waals surface area contributed by atoms with Gasteiger partial charge in [0.2, 0.25) is 11.8 Å².